The minimum absolute atomic E-state index is 0.0219. The molecule has 0 heterocycles. The van der Waals surface area contributed by atoms with E-state index >= 15 is 0 Å². The van der Waals surface area contributed by atoms with Crippen molar-refractivity contribution in [3.63, 3.8) is 0 Å². The van der Waals surface area contributed by atoms with Gasteiger partial charge in [-0.3, -0.25) is 0 Å². The van der Waals surface area contributed by atoms with Gasteiger partial charge in [-0.05, 0) is 19.1 Å². The van der Waals surface area contributed by atoms with Crippen LogP contribution < -0.4 is 0 Å². The van der Waals surface area contributed by atoms with Crippen LogP contribution in [0.25, 0.3) is 5.57 Å². The van der Waals surface area contributed by atoms with Gasteiger partial charge in [0.2, 0.25) is 0 Å². The summed E-state index contributed by atoms with van der Waals surface area (Å²) in [6.07, 6.45) is 0. The average Bonchev–Trinajstić information content (AvgIpc) is 2.08. The molecule has 0 aliphatic rings. The number of aryl methyl sites for hydroxylation is 1. The van der Waals surface area contributed by atoms with Gasteiger partial charge in [-0.15, -0.1) is 0 Å². The number of hydrogen-bond acceptors (Lipinski definition) is 1. The van der Waals surface area contributed by atoms with Gasteiger partial charge in [-0.2, -0.15) is 0 Å². The molecule has 0 aliphatic carbocycles. The molecule has 0 spiro atoms. The third-order valence-electron chi connectivity index (χ3n) is 1.71. The largest absolute Gasteiger partial charge is 0.478 e. The van der Waals surface area contributed by atoms with Gasteiger partial charge in [0.1, 0.15) is 0 Å². The van der Waals surface area contributed by atoms with Crippen LogP contribution in [0.2, 0.25) is 5.02 Å². The maximum Gasteiger partial charge on any atom is 0.335 e. The standard InChI is InChI=1S/C10H9ClO2/c1-6-3-4-9(11)8(5-6)7(2)10(12)13/h3-5H,2H2,1H3,(H,12,13). The zero-order valence-electron chi connectivity index (χ0n) is 7.17. The second-order valence-corrected chi connectivity index (χ2v) is 3.17. The molecule has 3 heteroatoms. The van der Waals surface area contributed by atoms with Gasteiger partial charge in [-0.25, -0.2) is 4.79 Å². The first-order chi connectivity index (χ1) is 6.02. The lowest BCUT2D eigenvalue weighted by Gasteiger charge is -2.04. The van der Waals surface area contributed by atoms with Crippen molar-refractivity contribution >= 4 is 23.1 Å². The first-order valence-electron chi connectivity index (χ1n) is 3.71. The zero-order chi connectivity index (χ0) is 10.0. The molecule has 0 atom stereocenters. The number of benzene rings is 1. The van der Waals surface area contributed by atoms with Gasteiger partial charge in [0, 0.05) is 10.6 Å². The van der Waals surface area contributed by atoms with E-state index in [0.717, 1.165) is 5.56 Å². The van der Waals surface area contributed by atoms with Crippen LogP contribution in [0, 0.1) is 6.92 Å². The van der Waals surface area contributed by atoms with Crippen LogP contribution in [0.3, 0.4) is 0 Å². The number of carboxylic acid groups (broad SMARTS) is 1. The van der Waals surface area contributed by atoms with E-state index in [1.165, 1.54) is 0 Å². The molecular weight excluding hydrogens is 188 g/mol. The van der Waals surface area contributed by atoms with Crippen LogP contribution in [0.4, 0.5) is 0 Å². The van der Waals surface area contributed by atoms with Crippen LogP contribution in [-0.4, -0.2) is 11.1 Å². The van der Waals surface area contributed by atoms with Crippen molar-refractivity contribution in [1.82, 2.24) is 0 Å². The summed E-state index contributed by atoms with van der Waals surface area (Å²) in [5, 5.41) is 9.11. The highest BCUT2D eigenvalue weighted by Crippen LogP contribution is 2.23. The number of carbonyl (C=O) groups is 1. The molecule has 13 heavy (non-hydrogen) atoms. The third-order valence-corrected chi connectivity index (χ3v) is 2.03. The van der Waals surface area contributed by atoms with Crippen LogP contribution in [0.1, 0.15) is 11.1 Å². The molecule has 0 amide bonds. The Morgan fingerprint density at radius 3 is 2.69 bits per heavy atom. The molecule has 1 aromatic carbocycles. The van der Waals surface area contributed by atoms with E-state index in [2.05, 4.69) is 6.58 Å². The summed E-state index contributed by atoms with van der Waals surface area (Å²) < 4.78 is 0. The SMILES string of the molecule is C=C(C(=O)O)c1cc(C)ccc1Cl. The predicted molar refractivity (Wildman–Crippen MR) is 52.9 cm³/mol. The molecule has 0 aromatic heterocycles. The molecule has 1 aromatic rings. The van der Waals surface area contributed by atoms with Crippen molar-refractivity contribution in [2.75, 3.05) is 0 Å². The molecule has 68 valence electrons. The first kappa shape index (κ1) is 9.81. The fraction of sp³-hybridized carbons (Fsp3) is 0.100. The Morgan fingerprint density at radius 1 is 1.54 bits per heavy atom. The van der Waals surface area contributed by atoms with E-state index in [-0.39, 0.29) is 5.57 Å². The highest BCUT2D eigenvalue weighted by Gasteiger charge is 2.10. The Hall–Kier alpha value is -1.28. The minimum atomic E-state index is -1.05. The van der Waals surface area contributed by atoms with Crippen molar-refractivity contribution in [2.24, 2.45) is 0 Å². The van der Waals surface area contributed by atoms with Gasteiger partial charge < -0.3 is 5.11 Å². The highest BCUT2D eigenvalue weighted by molar-refractivity contribution is 6.34. The summed E-state index contributed by atoms with van der Waals surface area (Å²) in [4.78, 5) is 10.6. The highest BCUT2D eigenvalue weighted by atomic mass is 35.5. The molecule has 0 unspecified atom stereocenters. The van der Waals surface area contributed by atoms with Crippen molar-refractivity contribution in [3.05, 3.63) is 40.9 Å². The molecule has 0 radical (unpaired) electrons. The normalized spacial score (nSPS) is 9.69. The molecule has 0 aliphatic heterocycles. The Labute approximate surface area is 81.5 Å². The number of aliphatic carboxylic acids is 1. The van der Waals surface area contributed by atoms with E-state index in [1.807, 2.05) is 13.0 Å². The van der Waals surface area contributed by atoms with Gasteiger partial charge in [-0.1, -0.05) is 29.8 Å². The van der Waals surface area contributed by atoms with Crippen LogP contribution in [-0.2, 0) is 4.79 Å². The molecule has 2 nitrogen and oxygen atoms in total. The van der Waals surface area contributed by atoms with E-state index in [0.29, 0.717) is 10.6 Å². The van der Waals surface area contributed by atoms with Crippen molar-refractivity contribution in [1.29, 1.82) is 0 Å². The first-order valence-corrected chi connectivity index (χ1v) is 4.09. The van der Waals surface area contributed by atoms with E-state index in [4.69, 9.17) is 16.7 Å². The van der Waals surface area contributed by atoms with Crippen molar-refractivity contribution < 1.29 is 9.90 Å². The molecule has 1 N–H and O–H groups in total. The number of hydrogen-bond donors (Lipinski definition) is 1. The second kappa shape index (κ2) is 3.62. The number of rotatable bonds is 2. The van der Waals surface area contributed by atoms with Gasteiger partial charge in [0.05, 0.1) is 5.57 Å². The predicted octanol–water partition coefficient (Wildman–Crippen LogP) is 2.75. The van der Waals surface area contributed by atoms with Crippen LogP contribution in [0.15, 0.2) is 24.8 Å². The fourth-order valence-corrected chi connectivity index (χ4v) is 1.22. The molecule has 1 rings (SSSR count). The van der Waals surface area contributed by atoms with Gasteiger partial charge >= 0.3 is 5.97 Å². The topological polar surface area (TPSA) is 37.3 Å². The summed E-state index contributed by atoms with van der Waals surface area (Å²) in [6, 6.07) is 5.19. The Bertz CT molecular complexity index is 369. The lowest BCUT2D eigenvalue weighted by molar-refractivity contribution is -0.130. The minimum Gasteiger partial charge on any atom is -0.478 e. The Balaban J connectivity index is 3.21. The fourth-order valence-electron chi connectivity index (χ4n) is 0.986. The molecular formula is C10H9ClO2. The Kier molecular flexibility index (Phi) is 2.73. The molecule has 0 bridgehead atoms. The molecule has 0 fully saturated rings. The zero-order valence-corrected chi connectivity index (χ0v) is 7.93. The van der Waals surface area contributed by atoms with Gasteiger partial charge in [0.15, 0.2) is 0 Å². The summed E-state index contributed by atoms with van der Waals surface area (Å²) >= 11 is 5.81. The van der Waals surface area contributed by atoms with Crippen LogP contribution in [0.5, 0.6) is 0 Å². The summed E-state index contributed by atoms with van der Waals surface area (Å²) in [5.74, 6) is -1.05. The van der Waals surface area contributed by atoms with Crippen molar-refractivity contribution in [3.8, 4) is 0 Å². The lowest BCUT2D eigenvalue weighted by atomic mass is 10.1. The maximum atomic E-state index is 10.6. The maximum absolute atomic E-state index is 10.6. The second-order valence-electron chi connectivity index (χ2n) is 2.77. The molecule has 0 saturated carbocycles. The van der Waals surface area contributed by atoms with E-state index in [9.17, 15) is 4.79 Å². The molecule has 0 saturated heterocycles. The summed E-state index contributed by atoms with van der Waals surface area (Å²) in [6.45, 7) is 5.31. The average molecular weight is 197 g/mol. The van der Waals surface area contributed by atoms with E-state index in [1.54, 1.807) is 12.1 Å². The smallest absolute Gasteiger partial charge is 0.335 e. The third kappa shape index (κ3) is 2.10. The van der Waals surface area contributed by atoms with Crippen molar-refractivity contribution in [2.45, 2.75) is 6.92 Å². The van der Waals surface area contributed by atoms with E-state index < -0.39 is 5.97 Å². The number of carboxylic acids is 1. The monoisotopic (exact) mass is 196 g/mol. The van der Waals surface area contributed by atoms with Crippen LogP contribution >= 0.6 is 11.6 Å². The summed E-state index contributed by atoms with van der Waals surface area (Å²) in [7, 11) is 0. The number of halogens is 1. The Morgan fingerprint density at radius 2 is 2.15 bits per heavy atom. The quantitative estimate of drug-likeness (QED) is 0.739. The lowest BCUT2D eigenvalue weighted by Crippen LogP contribution is -1.98. The van der Waals surface area contributed by atoms with Gasteiger partial charge in [0.25, 0.3) is 0 Å². The summed E-state index contributed by atoms with van der Waals surface area (Å²) in [5.41, 5.74) is 1.46.